The zero-order valence-corrected chi connectivity index (χ0v) is 18.1. The minimum absolute atomic E-state index is 0.107. The highest BCUT2D eigenvalue weighted by Crippen LogP contribution is 2.27. The predicted octanol–water partition coefficient (Wildman–Crippen LogP) is 3.43. The van der Waals surface area contributed by atoms with Crippen LogP contribution in [0.3, 0.4) is 0 Å². The molecule has 0 fully saturated rings. The summed E-state index contributed by atoms with van der Waals surface area (Å²) in [6.07, 6.45) is 0. The van der Waals surface area contributed by atoms with Crippen LogP contribution in [0.1, 0.15) is 5.56 Å². The van der Waals surface area contributed by atoms with Crippen molar-refractivity contribution in [2.24, 2.45) is 0 Å². The average molecular weight is 477 g/mol. The molecular weight excluding hydrogens is 461 g/mol. The number of benzene rings is 2. The predicted molar refractivity (Wildman–Crippen MR) is 116 cm³/mol. The maximum absolute atomic E-state index is 11.9. The maximum Gasteiger partial charge on any atom is 0.276 e. The Morgan fingerprint density at radius 1 is 0.897 bits per heavy atom. The molecule has 0 saturated heterocycles. The zero-order valence-electron chi connectivity index (χ0n) is 15.1. The molecule has 3 N–H and O–H groups in total. The lowest BCUT2D eigenvalue weighted by molar-refractivity contribution is -0.124. The fourth-order valence-corrected chi connectivity index (χ4v) is 2.86. The van der Waals surface area contributed by atoms with Crippen molar-refractivity contribution in [2.75, 3.05) is 13.2 Å². The highest BCUT2D eigenvalue weighted by molar-refractivity contribution is 7.80. The number of hydrazine groups is 1. The van der Waals surface area contributed by atoms with Gasteiger partial charge in [0.05, 0.1) is 5.02 Å². The number of ether oxygens (including phenoxy) is 2. The number of amides is 2. The normalized spacial score (nSPS) is 10.1. The molecule has 0 aliphatic rings. The molecule has 0 unspecified atom stereocenters. The van der Waals surface area contributed by atoms with Crippen LogP contribution in [0, 0.1) is 6.92 Å². The molecule has 0 radical (unpaired) electrons. The number of hydrogen-bond acceptors (Lipinski definition) is 5. The summed E-state index contributed by atoms with van der Waals surface area (Å²) in [6, 6.07) is 9.65. The Morgan fingerprint density at radius 2 is 1.48 bits per heavy atom. The second-order valence-electron chi connectivity index (χ2n) is 5.61. The van der Waals surface area contributed by atoms with Crippen molar-refractivity contribution in [1.82, 2.24) is 16.2 Å². The van der Waals surface area contributed by atoms with Crippen LogP contribution in [0.4, 0.5) is 0 Å². The van der Waals surface area contributed by atoms with E-state index in [9.17, 15) is 9.59 Å². The quantitative estimate of drug-likeness (QED) is 0.437. The van der Waals surface area contributed by atoms with Gasteiger partial charge in [0.2, 0.25) is 0 Å². The molecule has 0 aromatic heterocycles. The molecule has 2 aromatic rings. The summed E-state index contributed by atoms with van der Waals surface area (Å²) in [5, 5.41) is 3.55. The van der Waals surface area contributed by atoms with Crippen LogP contribution in [0.2, 0.25) is 15.1 Å². The van der Waals surface area contributed by atoms with Gasteiger partial charge >= 0.3 is 0 Å². The number of hydrogen-bond donors (Lipinski definition) is 3. The fraction of sp³-hybridized carbons (Fsp3) is 0.167. The van der Waals surface area contributed by atoms with E-state index in [0.717, 1.165) is 5.56 Å². The second-order valence-corrected chi connectivity index (χ2v) is 7.30. The molecule has 154 valence electrons. The molecule has 0 spiro atoms. The topological polar surface area (TPSA) is 88.7 Å². The maximum atomic E-state index is 11.9. The molecule has 0 aliphatic carbocycles. The molecule has 2 aromatic carbocycles. The van der Waals surface area contributed by atoms with E-state index in [1.807, 2.05) is 0 Å². The number of halogens is 3. The molecule has 0 atom stereocenters. The van der Waals surface area contributed by atoms with E-state index >= 15 is 0 Å². The monoisotopic (exact) mass is 475 g/mol. The third kappa shape index (κ3) is 7.94. The van der Waals surface area contributed by atoms with E-state index in [2.05, 4.69) is 16.2 Å². The lowest BCUT2D eigenvalue weighted by Gasteiger charge is -2.13. The Hall–Kier alpha value is -2.26. The van der Waals surface area contributed by atoms with Crippen LogP contribution in [0.15, 0.2) is 36.4 Å². The molecule has 11 heteroatoms. The van der Waals surface area contributed by atoms with Gasteiger partial charge < -0.3 is 9.47 Å². The fourth-order valence-electron chi connectivity index (χ4n) is 2.01. The zero-order chi connectivity index (χ0) is 21.4. The number of carbonyl (C=O) groups is 2. The van der Waals surface area contributed by atoms with Crippen LogP contribution < -0.4 is 25.6 Å². The summed E-state index contributed by atoms with van der Waals surface area (Å²) >= 11 is 22.5. The van der Waals surface area contributed by atoms with Gasteiger partial charge in [0.25, 0.3) is 11.8 Å². The summed E-state index contributed by atoms with van der Waals surface area (Å²) in [7, 11) is 0. The van der Waals surface area contributed by atoms with E-state index in [-0.39, 0.29) is 23.3 Å². The van der Waals surface area contributed by atoms with Crippen molar-refractivity contribution >= 4 is 63.9 Å². The van der Waals surface area contributed by atoms with E-state index < -0.39 is 11.8 Å². The summed E-state index contributed by atoms with van der Waals surface area (Å²) < 4.78 is 10.7. The van der Waals surface area contributed by atoms with Gasteiger partial charge in [-0.2, -0.15) is 0 Å². The van der Waals surface area contributed by atoms with Crippen LogP contribution in [-0.4, -0.2) is 30.1 Å². The summed E-state index contributed by atoms with van der Waals surface area (Å²) in [5.41, 5.74) is 5.46. The standard InChI is InChI=1S/C18H16Cl3N3O4S/c1-10-6-11(19)2-4-14(10)27-8-16(25)22-18(29)24-23-17(26)9-28-15-5-3-12(20)7-13(15)21/h2-7H,8-9H2,1H3,(H,23,26)(H2,22,24,25,29). The van der Waals surface area contributed by atoms with Gasteiger partial charge in [-0.3, -0.25) is 25.8 Å². The van der Waals surface area contributed by atoms with Crippen molar-refractivity contribution in [3.05, 3.63) is 57.0 Å². The summed E-state index contributed by atoms with van der Waals surface area (Å²) in [4.78, 5) is 23.7. The van der Waals surface area contributed by atoms with Crippen LogP contribution in [0.25, 0.3) is 0 Å². The first kappa shape index (κ1) is 23.0. The Labute approximate surface area is 187 Å². The largest absolute Gasteiger partial charge is 0.483 e. The van der Waals surface area contributed by atoms with Gasteiger partial charge in [-0.05, 0) is 61.1 Å². The molecule has 2 amide bonds. The smallest absolute Gasteiger partial charge is 0.276 e. The van der Waals surface area contributed by atoms with E-state index in [1.54, 1.807) is 37.3 Å². The Bertz CT molecular complexity index is 927. The summed E-state index contributed by atoms with van der Waals surface area (Å²) in [5.74, 6) is -0.220. The number of rotatable bonds is 6. The minimum atomic E-state index is -0.541. The first-order chi connectivity index (χ1) is 13.7. The molecule has 29 heavy (non-hydrogen) atoms. The molecule has 7 nitrogen and oxygen atoms in total. The van der Waals surface area contributed by atoms with Gasteiger partial charge in [0.1, 0.15) is 11.5 Å². The molecule has 2 rings (SSSR count). The minimum Gasteiger partial charge on any atom is -0.483 e. The van der Waals surface area contributed by atoms with E-state index in [0.29, 0.717) is 21.5 Å². The van der Waals surface area contributed by atoms with Gasteiger partial charge in [-0.25, -0.2) is 0 Å². The number of carbonyl (C=O) groups excluding carboxylic acids is 2. The molecule has 0 bridgehead atoms. The Kier molecular flexibility index (Phi) is 8.78. The molecule has 0 heterocycles. The van der Waals surface area contributed by atoms with Crippen LogP contribution >= 0.6 is 47.0 Å². The van der Waals surface area contributed by atoms with Crippen molar-refractivity contribution < 1.29 is 19.1 Å². The number of thiocarbonyl (C=S) groups is 1. The Balaban J connectivity index is 1.68. The highest BCUT2D eigenvalue weighted by Gasteiger charge is 2.10. The first-order valence-corrected chi connectivity index (χ1v) is 9.64. The lowest BCUT2D eigenvalue weighted by Crippen LogP contribution is -2.50. The van der Waals surface area contributed by atoms with Gasteiger partial charge in [-0.1, -0.05) is 34.8 Å². The second kappa shape index (κ2) is 11.1. The third-order valence-corrected chi connectivity index (χ3v) is 4.29. The lowest BCUT2D eigenvalue weighted by atomic mass is 10.2. The van der Waals surface area contributed by atoms with Gasteiger partial charge in [-0.15, -0.1) is 0 Å². The molecular formula is C18H16Cl3N3O4S. The van der Waals surface area contributed by atoms with E-state index in [4.69, 9.17) is 56.5 Å². The highest BCUT2D eigenvalue weighted by atomic mass is 35.5. The van der Waals surface area contributed by atoms with E-state index in [1.165, 1.54) is 6.07 Å². The number of nitrogens with one attached hydrogen (secondary N) is 3. The van der Waals surface area contributed by atoms with Crippen molar-refractivity contribution in [1.29, 1.82) is 0 Å². The molecule has 0 saturated carbocycles. The Morgan fingerprint density at radius 3 is 2.14 bits per heavy atom. The number of aryl methyl sites for hydroxylation is 1. The van der Waals surface area contributed by atoms with Crippen molar-refractivity contribution in [2.45, 2.75) is 6.92 Å². The molecule has 0 aliphatic heterocycles. The van der Waals surface area contributed by atoms with Crippen molar-refractivity contribution in [3.8, 4) is 11.5 Å². The van der Waals surface area contributed by atoms with Gasteiger partial charge in [0.15, 0.2) is 18.3 Å². The summed E-state index contributed by atoms with van der Waals surface area (Å²) in [6.45, 7) is 1.21. The van der Waals surface area contributed by atoms with Crippen LogP contribution in [-0.2, 0) is 9.59 Å². The van der Waals surface area contributed by atoms with Gasteiger partial charge in [0, 0.05) is 10.0 Å². The first-order valence-electron chi connectivity index (χ1n) is 8.10. The van der Waals surface area contributed by atoms with Crippen molar-refractivity contribution in [3.63, 3.8) is 0 Å². The average Bonchev–Trinajstić information content (AvgIpc) is 2.65. The third-order valence-electron chi connectivity index (χ3n) is 3.32. The van der Waals surface area contributed by atoms with Crippen LogP contribution in [0.5, 0.6) is 11.5 Å². The SMILES string of the molecule is Cc1cc(Cl)ccc1OCC(=O)NC(=S)NNC(=O)COc1ccc(Cl)cc1Cl.